The van der Waals surface area contributed by atoms with Crippen LogP contribution < -0.4 is 10.2 Å². The normalized spacial score (nSPS) is 13.9. The zero-order valence-electron chi connectivity index (χ0n) is 17.8. The molecule has 0 radical (unpaired) electrons. The molecule has 31 heavy (non-hydrogen) atoms. The van der Waals surface area contributed by atoms with Gasteiger partial charge in [0.2, 0.25) is 11.8 Å². The van der Waals surface area contributed by atoms with Gasteiger partial charge in [-0.15, -0.1) is 0 Å². The molecule has 1 fully saturated rings. The second kappa shape index (κ2) is 9.00. The molecule has 1 aliphatic heterocycles. The smallest absolute Gasteiger partial charge is 0.244 e. The van der Waals surface area contributed by atoms with E-state index < -0.39 is 0 Å². The van der Waals surface area contributed by atoms with Crippen molar-refractivity contribution in [1.29, 1.82) is 0 Å². The molecule has 6 nitrogen and oxygen atoms in total. The molecule has 0 aliphatic carbocycles. The highest BCUT2D eigenvalue weighted by Gasteiger charge is 2.21. The maximum absolute atomic E-state index is 12.3. The molecule has 2 heterocycles. The fourth-order valence-electron chi connectivity index (χ4n) is 3.84. The molecule has 4 rings (SSSR count). The number of amides is 2. The highest BCUT2D eigenvalue weighted by molar-refractivity contribution is 5.95. The van der Waals surface area contributed by atoms with Crippen LogP contribution in [0.25, 0.3) is 11.8 Å². The lowest BCUT2D eigenvalue weighted by atomic mass is 10.1. The van der Waals surface area contributed by atoms with Gasteiger partial charge in [0.15, 0.2) is 0 Å². The van der Waals surface area contributed by atoms with E-state index in [9.17, 15) is 9.59 Å². The second-order valence-corrected chi connectivity index (χ2v) is 7.70. The number of para-hydroxylation sites is 1. The minimum atomic E-state index is -0.162. The van der Waals surface area contributed by atoms with Gasteiger partial charge in [-0.05, 0) is 56.2 Å². The Kier molecular flexibility index (Phi) is 5.98. The predicted molar refractivity (Wildman–Crippen MR) is 122 cm³/mol. The van der Waals surface area contributed by atoms with Gasteiger partial charge in [-0.25, -0.2) is 4.68 Å². The number of carbonyl (C=O) groups is 2. The van der Waals surface area contributed by atoms with Crippen LogP contribution in [0.1, 0.15) is 35.4 Å². The Labute approximate surface area is 182 Å². The molecule has 0 saturated carbocycles. The summed E-state index contributed by atoms with van der Waals surface area (Å²) in [6.07, 6.45) is 4.89. The lowest BCUT2D eigenvalue weighted by molar-refractivity contribution is -0.117. The minimum Gasteiger partial charge on any atom is -0.348 e. The Bertz CT molecular complexity index is 1110. The molecule has 6 heteroatoms. The average molecular weight is 415 g/mol. The Morgan fingerprint density at radius 1 is 1.06 bits per heavy atom. The second-order valence-electron chi connectivity index (χ2n) is 7.70. The molecule has 1 aromatic heterocycles. The SMILES string of the molecule is Cc1nn(-c2ccccc2)c(C)c1/C=C/C(=O)NCc1ccc(N2CCCC2=O)cc1. The quantitative estimate of drug-likeness (QED) is 0.621. The van der Waals surface area contributed by atoms with Crippen molar-refractivity contribution in [3.8, 4) is 5.69 Å². The molecule has 0 spiro atoms. The number of hydrogen-bond donors (Lipinski definition) is 1. The van der Waals surface area contributed by atoms with Gasteiger partial charge < -0.3 is 10.2 Å². The molecule has 3 aromatic rings. The number of nitrogens with zero attached hydrogens (tertiary/aromatic N) is 3. The summed E-state index contributed by atoms with van der Waals surface area (Å²) in [6.45, 7) is 5.14. The number of rotatable bonds is 6. The van der Waals surface area contributed by atoms with Crippen LogP contribution in [-0.4, -0.2) is 28.1 Å². The molecule has 2 aromatic carbocycles. The van der Waals surface area contributed by atoms with Crippen molar-refractivity contribution >= 4 is 23.6 Å². The summed E-state index contributed by atoms with van der Waals surface area (Å²) in [5, 5.41) is 7.51. The standard InChI is InChI=1S/C25H26N4O2/c1-18-23(19(2)29(27-18)22-7-4-3-5-8-22)14-15-24(30)26-17-20-10-12-21(13-11-20)28-16-6-9-25(28)31/h3-5,7-8,10-15H,6,9,16-17H2,1-2H3,(H,26,30)/b15-14+. The number of carbonyl (C=O) groups excluding carboxylic acids is 2. The Morgan fingerprint density at radius 2 is 1.81 bits per heavy atom. The highest BCUT2D eigenvalue weighted by atomic mass is 16.2. The largest absolute Gasteiger partial charge is 0.348 e. The van der Waals surface area contributed by atoms with Crippen molar-refractivity contribution in [2.75, 3.05) is 11.4 Å². The first-order valence-electron chi connectivity index (χ1n) is 10.5. The first-order valence-corrected chi connectivity index (χ1v) is 10.5. The molecular formula is C25H26N4O2. The third-order valence-electron chi connectivity index (χ3n) is 5.54. The van der Waals surface area contributed by atoms with Gasteiger partial charge >= 0.3 is 0 Å². The van der Waals surface area contributed by atoms with Crippen LogP contribution in [0.3, 0.4) is 0 Å². The first kappa shape index (κ1) is 20.6. The first-order chi connectivity index (χ1) is 15.0. The number of anilines is 1. The Balaban J connectivity index is 1.37. The third-order valence-corrected chi connectivity index (χ3v) is 5.54. The van der Waals surface area contributed by atoms with Crippen molar-refractivity contribution in [2.45, 2.75) is 33.2 Å². The monoisotopic (exact) mass is 414 g/mol. The topological polar surface area (TPSA) is 67.2 Å². The van der Waals surface area contributed by atoms with E-state index in [-0.39, 0.29) is 11.8 Å². The summed E-state index contributed by atoms with van der Waals surface area (Å²) >= 11 is 0. The van der Waals surface area contributed by atoms with Gasteiger partial charge in [0, 0.05) is 42.5 Å². The lowest BCUT2D eigenvalue weighted by Crippen LogP contribution is -2.23. The number of nitrogens with one attached hydrogen (secondary N) is 1. The Morgan fingerprint density at radius 3 is 2.48 bits per heavy atom. The summed E-state index contributed by atoms with van der Waals surface area (Å²) in [4.78, 5) is 26.0. The van der Waals surface area contributed by atoms with Gasteiger partial charge in [0.1, 0.15) is 0 Å². The molecule has 0 bridgehead atoms. The number of benzene rings is 2. The van der Waals surface area contributed by atoms with E-state index in [0.717, 1.165) is 46.9 Å². The zero-order valence-corrected chi connectivity index (χ0v) is 17.8. The van der Waals surface area contributed by atoms with E-state index in [1.807, 2.05) is 84.1 Å². The van der Waals surface area contributed by atoms with Gasteiger partial charge in [-0.2, -0.15) is 5.10 Å². The van der Waals surface area contributed by atoms with E-state index in [2.05, 4.69) is 10.4 Å². The third kappa shape index (κ3) is 4.58. The van der Waals surface area contributed by atoms with Gasteiger partial charge in [-0.1, -0.05) is 30.3 Å². The average Bonchev–Trinajstić information content (AvgIpc) is 3.34. The molecule has 1 aliphatic rings. The predicted octanol–water partition coefficient (Wildman–Crippen LogP) is 3.95. The van der Waals surface area contributed by atoms with E-state index in [1.54, 1.807) is 6.08 Å². The molecule has 1 saturated heterocycles. The fourth-order valence-corrected chi connectivity index (χ4v) is 3.84. The van der Waals surface area contributed by atoms with E-state index in [0.29, 0.717) is 13.0 Å². The summed E-state index contributed by atoms with van der Waals surface area (Å²) in [6, 6.07) is 17.7. The fraction of sp³-hybridized carbons (Fsp3) is 0.240. The van der Waals surface area contributed by atoms with Crippen LogP contribution in [0.4, 0.5) is 5.69 Å². The van der Waals surface area contributed by atoms with Crippen LogP contribution in [0, 0.1) is 13.8 Å². The summed E-state index contributed by atoms with van der Waals surface area (Å²) in [5.74, 6) is 0.0115. The van der Waals surface area contributed by atoms with E-state index in [4.69, 9.17) is 0 Å². The molecule has 0 atom stereocenters. The molecular weight excluding hydrogens is 388 g/mol. The van der Waals surface area contributed by atoms with Crippen LogP contribution in [-0.2, 0) is 16.1 Å². The van der Waals surface area contributed by atoms with Gasteiger partial charge in [-0.3, -0.25) is 9.59 Å². The minimum absolute atomic E-state index is 0.162. The van der Waals surface area contributed by atoms with Crippen LogP contribution in [0.15, 0.2) is 60.7 Å². The maximum Gasteiger partial charge on any atom is 0.244 e. The highest BCUT2D eigenvalue weighted by Crippen LogP contribution is 2.22. The molecule has 0 unspecified atom stereocenters. The number of aryl methyl sites for hydroxylation is 1. The van der Waals surface area contributed by atoms with E-state index in [1.165, 1.54) is 0 Å². The van der Waals surface area contributed by atoms with Gasteiger partial charge in [0.25, 0.3) is 0 Å². The van der Waals surface area contributed by atoms with Gasteiger partial charge in [0.05, 0.1) is 11.4 Å². The summed E-state index contributed by atoms with van der Waals surface area (Å²) in [7, 11) is 0. The van der Waals surface area contributed by atoms with Crippen LogP contribution >= 0.6 is 0 Å². The molecule has 2 amide bonds. The van der Waals surface area contributed by atoms with Crippen molar-refractivity contribution < 1.29 is 9.59 Å². The van der Waals surface area contributed by atoms with Crippen molar-refractivity contribution in [3.05, 3.63) is 83.2 Å². The lowest BCUT2D eigenvalue weighted by Gasteiger charge is -2.15. The molecule has 158 valence electrons. The van der Waals surface area contributed by atoms with E-state index >= 15 is 0 Å². The van der Waals surface area contributed by atoms with Crippen molar-refractivity contribution in [3.63, 3.8) is 0 Å². The maximum atomic E-state index is 12.3. The summed E-state index contributed by atoms with van der Waals surface area (Å²) in [5.41, 5.74) is 5.70. The van der Waals surface area contributed by atoms with Crippen molar-refractivity contribution in [1.82, 2.24) is 15.1 Å². The van der Waals surface area contributed by atoms with Crippen LogP contribution in [0.2, 0.25) is 0 Å². The molecule has 1 N–H and O–H groups in total. The Hall–Kier alpha value is -3.67. The van der Waals surface area contributed by atoms with Crippen LogP contribution in [0.5, 0.6) is 0 Å². The summed E-state index contributed by atoms with van der Waals surface area (Å²) < 4.78 is 1.89. The number of aromatic nitrogens is 2. The number of hydrogen-bond acceptors (Lipinski definition) is 3. The van der Waals surface area contributed by atoms with Crippen molar-refractivity contribution in [2.24, 2.45) is 0 Å². The zero-order chi connectivity index (χ0) is 21.8.